The van der Waals surface area contributed by atoms with Gasteiger partial charge in [0.05, 0.1) is 6.10 Å². The minimum atomic E-state index is -0.362. The molecular weight excluding hydrogens is 408 g/mol. The van der Waals surface area contributed by atoms with Gasteiger partial charge < -0.3 is 14.2 Å². The molecule has 0 fully saturated rings. The van der Waals surface area contributed by atoms with E-state index >= 15 is 0 Å². The molecule has 5 heteroatoms. The summed E-state index contributed by atoms with van der Waals surface area (Å²) in [7, 11) is 0. The molecule has 0 aromatic carbocycles. The Morgan fingerprint density at radius 3 is 1.52 bits per heavy atom. The van der Waals surface area contributed by atoms with E-state index in [2.05, 4.69) is 103 Å². The Morgan fingerprint density at radius 2 is 1.09 bits per heavy atom. The number of pyridine rings is 2. The molecular formula is C28H36N4O. The molecule has 5 nitrogen and oxygen atoms in total. The number of aromatic nitrogens is 4. The van der Waals surface area contributed by atoms with Crippen molar-refractivity contribution in [3.8, 4) is 11.6 Å². The zero-order chi connectivity index (χ0) is 24.3. The van der Waals surface area contributed by atoms with Gasteiger partial charge in [-0.05, 0) is 115 Å². The summed E-state index contributed by atoms with van der Waals surface area (Å²) in [5.41, 5.74) is 9.23. The second kappa shape index (κ2) is 10.2. The zero-order valence-electron chi connectivity index (χ0n) is 21.1. The van der Waals surface area contributed by atoms with Crippen molar-refractivity contribution in [1.82, 2.24) is 19.1 Å². The van der Waals surface area contributed by atoms with Gasteiger partial charge in [0, 0.05) is 40.6 Å². The van der Waals surface area contributed by atoms with Gasteiger partial charge >= 0.3 is 0 Å². The molecule has 0 aliphatic carbocycles. The largest absolute Gasteiger partial charge is 0.393 e. The first-order valence-electron chi connectivity index (χ1n) is 11.5. The number of rotatable bonds is 4. The molecule has 0 saturated carbocycles. The molecule has 0 bridgehead atoms. The first-order chi connectivity index (χ1) is 15.5. The van der Waals surface area contributed by atoms with Gasteiger partial charge in [-0.15, -0.1) is 0 Å². The molecule has 174 valence electrons. The van der Waals surface area contributed by atoms with Crippen LogP contribution in [0.3, 0.4) is 0 Å². The smallest absolute Gasteiger partial charge is 0.137 e. The fourth-order valence-electron chi connectivity index (χ4n) is 4.24. The van der Waals surface area contributed by atoms with Gasteiger partial charge in [0.2, 0.25) is 0 Å². The Labute approximate surface area is 197 Å². The highest BCUT2D eigenvalue weighted by Gasteiger charge is 2.09. The quantitative estimate of drug-likeness (QED) is 0.431. The van der Waals surface area contributed by atoms with Crippen molar-refractivity contribution in [2.24, 2.45) is 0 Å². The molecule has 1 unspecified atom stereocenters. The Morgan fingerprint density at radius 1 is 0.667 bits per heavy atom. The van der Waals surface area contributed by atoms with E-state index < -0.39 is 0 Å². The summed E-state index contributed by atoms with van der Waals surface area (Å²) in [5, 5.41) is 9.48. The number of nitrogens with zero attached hydrogens (tertiary/aromatic N) is 4. The van der Waals surface area contributed by atoms with Gasteiger partial charge in [0.1, 0.15) is 11.6 Å². The molecule has 0 spiro atoms. The van der Waals surface area contributed by atoms with E-state index in [-0.39, 0.29) is 6.10 Å². The molecule has 0 radical (unpaired) electrons. The summed E-state index contributed by atoms with van der Waals surface area (Å²) in [6.07, 6.45) is 0.229. The zero-order valence-corrected chi connectivity index (χ0v) is 21.1. The lowest BCUT2D eigenvalue weighted by molar-refractivity contribution is 0.194. The third kappa shape index (κ3) is 5.99. The van der Waals surface area contributed by atoms with Crippen LogP contribution in [0.2, 0.25) is 0 Å². The topological polar surface area (TPSA) is 55.9 Å². The average molecular weight is 445 g/mol. The molecule has 4 aromatic heterocycles. The Bertz CT molecular complexity index is 1190. The molecule has 0 amide bonds. The van der Waals surface area contributed by atoms with Crippen LogP contribution in [-0.2, 0) is 6.42 Å². The lowest BCUT2D eigenvalue weighted by Crippen LogP contribution is -2.09. The molecule has 4 heterocycles. The number of aliphatic hydroxyl groups is 1. The van der Waals surface area contributed by atoms with Crippen molar-refractivity contribution in [1.29, 1.82) is 0 Å². The first kappa shape index (κ1) is 24.5. The Balaban J connectivity index is 0.000000189. The highest BCUT2D eigenvalue weighted by Crippen LogP contribution is 2.18. The van der Waals surface area contributed by atoms with E-state index in [4.69, 9.17) is 0 Å². The van der Waals surface area contributed by atoms with Crippen LogP contribution < -0.4 is 0 Å². The molecule has 0 aliphatic heterocycles. The summed E-state index contributed by atoms with van der Waals surface area (Å²) >= 11 is 0. The van der Waals surface area contributed by atoms with E-state index in [0.29, 0.717) is 6.42 Å². The van der Waals surface area contributed by atoms with E-state index in [1.807, 2.05) is 13.0 Å². The van der Waals surface area contributed by atoms with Gasteiger partial charge in [0.15, 0.2) is 0 Å². The van der Waals surface area contributed by atoms with Crippen molar-refractivity contribution in [3.05, 3.63) is 93.8 Å². The van der Waals surface area contributed by atoms with Crippen LogP contribution in [0.25, 0.3) is 11.6 Å². The summed E-state index contributed by atoms with van der Waals surface area (Å²) < 4.78 is 4.32. The molecule has 0 aliphatic rings. The van der Waals surface area contributed by atoms with Crippen molar-refractivity contribution < 1.29 is 5.11 Å². The van der Waals surface area contributed by atoms with Gasteiger partial charge in [-0.1, -0.05) is 0 Å². The number of aryl methyl sites for hydroxylation is 7. The van der Waals surface area contributed by atoms with Crippen LogP contribution in [0, 0.1) is 48.5 Å². The van der Waals surface area contributed by atoms with Crippen LogP contribution in [-0.4, -0.2) is 30.3 Å². The van der Waals surface area contributed by atoms with E-state index in [9.17, 15) is 5.11 Å². The Kier molecular flexibility index (Phi) is 7.54. The molecule has 4 aromatic rings. The van der Waals surface area contributed by atoms with Crippen molar-refractivity contribution in [2.75, 3.05) is 0 Å². The van der Waals surface area contributed by atoms with Crippen LogP contribution in [0.5, 0.6) is 0 Å². The van der Waals surface area contributed by atoms with Gasteiger partial charge in [0.25, 0.3) is 0 Å². The number of aliphatic hydroxyl groups excluding tert-OH is 1. The first-order valence-corrected chi connectivity index (χ1v) is 11.5. The van der Waals surface area contributed by atoms with Crippen molar-refractivity contribution in [3.63, 3.8) is 0 Å². The molecule has 1 atom stereocenters. The summed E-state index contributed by atoms with van der Waals surface area (Å²) in [6.45, 7) is 16.3. The van der Waals surface area contributed by atoms with Gasteiger partial charge in [-0.2, -0.15) is 0 Å². The monoisotopic (exact) mass is 444 g/mol. The SMILES string of the molecule is Cc1cc(C)nc(-n2c(C)ccc2C)c1.Cc1cc(CC(C)O)nc(-n2c(C)ccc2C)c1. The molecule has 0 saturated heterocycles. The van der Waals surface area contributed by atoms with Crippen molar-refractivity contribution >= 4 is 0 Å². The van der Waals surface area contributed by atoms with Gasteiger partial charge in [-0.25, -0.2) is 9.97 Å². The van der Waals surface area contributed by atoms with Crippen LogP contribution in [0.15, 0.2) is 48.5 Å². The number of hydrogen-bond acceptors (Lipinski definition) is 3. The second-order valence-electron chi connectivity index (χ2n) is 9.09. The standard InChI is InChI=1S/C15H20N2O.C13H16N2/c1-10-7-14(9-13(4)18)16-15(8-10)17-11(2)5-6-12(17)3;1-9-7-10(2)14-13(8-9)15-11(3)5-6-12(15)4/h5-8,13,18H,9H2,1-4H3;5-8H,1-4H3. The highest BCUT2D eigenvalue weighted by atomic mass is 16.3. The fraction of sp³-hybridized carbons (Fsp3) is 0.357. The van der Waals surface area contributed by atoms with Crippen molar-refractivity contribution in [2.45, 2.75) is 67.9 Å². The average Bonchev–Trinajstić information content (AvgIpc) is 3.21. The predicted molar refractivity (Wildman–Crippen MR) is 136 cm³/mol. The minimum absolute atomic E-state index is 0.362. The maximum atomic E-state index is 9.48. The normalized spacial score (nSPS) is 11.8. The lowest BCUT2D eigenvalue weighted by Gasteiger charge is -2.12. The lowest BCUT2D eigenvalue weighted by atomic mass is 10.1. The molecule has 33 heavy (non-hydrogen) atoms. The van der Waals surface area contributed by atoms with E-state index in [1.54, 1.807) is 6.92 Å². The van der Waals surface area contributed by atoms with E-state index in [1.165, 1.54) is 33.9 Å². The van der Waals surface area contributed by atoms with Crippen LogP contribution >= 0.6 is 0 Å². The minimum Gasteiger partial charge on any atom is -0.393 e. The number of hydrogen-bond donors (Lipinski definition) is 1. The maximum Gasteiger partial charge on any atom is 0.137 e. The third-order valence-corrected chi connectivity index (χ3v) is 5.60. The van der Waals surface area contributed by atoms with Crippen LogP contribution in [0.4, 0.5) is 0 Å². The summed E-state index contributed by atoms with van der Waals surface area (Å²) in [4.78, 5) is 9.20. The summed E-state index contributed by atoms with van der Waals surface area (Å²) in [5.74, 6) is 1.96. The second-order valence-corrected chi connectivity index (χ2v) is 9.09. The fourth-order valence-corrected chi connectivity index (χ4v) is 4.24. The molecule has 1 N–H and O–H groups in total. The predicted octanol–water partition coefficient (Wildman–Crippen LogP) is 5.83. The van der Waals surface area contributed by atoms with Gasteiger partial charge in [-0.3, -0.25) is 0 Å². The summed E-state index contributed by atoms with van der Waals surface area (Å²) in [6, 6.07) is 16.7. The third-order valence-electron chi connectivity index (χ3n) is 5.60. The maximum absolute atomic E-state index is 9.48. The van der Waals surface area contributed by atoms with Crippen LogP contribution in [0.1, 0.15) is 52.2 Å². The van der Waals surface area contributed by atoms with E-state index in [0.717, 1.165) is 23.0 Å². The highest BCUT2D eigenvalue weighted by molar-refractivity contribution is 5.36. The molecule has 4 rings (SSSR count). The Hall–Kier alpha value is -3.18.